The van der Waals surface area contributed by atoms with E-state index in [2.05, 4.69) is 36.1 Å². The molecule has 0 spiro atoms. The molecule has 1 aromatic rings. The van der Waals surface area contributed by atoms with E-state index in [0.29, 0.717) is 0 Å². The van der Waals surface area contributed by atoms with Gasteiger partial charge in [-0.1, -0.05) is 23.7 Å². The Balaban J connectivity index is 1.80. The lowest BCUT2D eigenvalue weighted by atomic mass is 10.1. The monoisotopic (exact) mass is 255 g/mol. The first kappa shape index (κ1) is 12.3. The number of hydrogen-bond donors (Lipinski definition) is 1. The minimum Gasteiger partial charge on any atom is -0.312 e. The molecule has 0 aromatic heterocycles. The second kappa shape index (κ2) is 5.95. The topological polar surface area (TPSA) is 12.0 Å². The van der Waals surface area contributed by atoms with Crippen molar-refractivity contribution in [3.8, 4) is 0 Å². The van der Waals surface area contributed by atoms with Gasteiger partial charge in [0.15, 0.2) is 0 Å². The van der Waals surface area contributed by atoms with Gasteiger partial charge in [0.2, 0.25) is 0 Å². The van der Waals surface area contributed by atoms with Crippen LogP contribution in [-0.4, -0.2) is 17.5 Å². The molecule has 1 fully saturated rings. The summed E-state index contributed by atoms with van der Waals surface area (Å²) in [4.78, 5) is 0. The first-order valence-corrected chi connectivity index (χ1v) is 7.26. The molecular formula is C13H18ClNS. The number of benzene rings is 1. The molecule has 0 radical (unpaired) electrons. The van der Waals surface area contributed by atoms with Gasteiger partial charge in [-0.2, -0.15) is 11.8 Å². The van der Waals surface area contributed by atoms with E-state index in [-0.39, 0.29) is 0 Å². The molecule has 1 nitrogen and oxygen atoms in total. The SMILES string of the molecule is Cc1ccc(CNCC2CCCS2)c(Cl)c1. The molecule has 0 amide bonds. The van der Waals surface area contributed by atoms with Crippen LogP contribution in [0.25, 0.3) is 0 Å². The van der Waals surface area contributed by atoms with Gasteiger partial charge in [-0.15, -0.1) is 0 Å². The number of thioether (sulfide) groups is 1. The van der Waals surface area contributed by atoms with Crippen LogP contribution < -0.4 is 5.32 Å². The molecule has 1 saturated heterocycles. The van der Waals surface area contributed by atoms with Crippen molar-refractivity contribution in [2.75, 3.05) is 12.3 Å². The summed E-state index contributed by atoms with van der Waals surface area (Å²) in [5.41, 5.74) is 2.43. The van der Waals surface area contributed by atoms with Crippen molar-refractivity contribution >= 4 is 23.4 Å². The highest BCUT2D eigenvalue weighted by Gasteiger charge is 2.14. The molecule has 1 N–H and O–H groups in total. The molecule has 1 unspecified atom stereocenters. The van der Waals surface area contributed by atoms with E-state index >= 15 is 0 Å². The van der Waals surface area contributed by atoms with Crippen LogP contribution in [0, 0.1) is 6.92 Å². The fraction of sp³-hybridized carbons (Fsp3) is 0.538. The Labute approximate surface area is 107 Å². The lowest BCUT2D eigenvalue weighted by molar-refractivity contribution is 0.646. The zero-order valence-corrected chi connectivity index (χ0v) is 11.2. The van der Waals surface area contributed by atoms with E-state index in [9.17, 15) is 0 Å². The molecule has 1 aliphatic heterocycles. The minimum absolute atomic E-state index is 0.809. The third-order valence-electron chi connectivity index (χ3n) is 2.92. The van der Waals surface area contributed by atoms with Gasteiger partial charge in [-0.3, -0.25) is 0 Å². The van der Waals surface area contributed by atoms with Crippen LogP contribution in [0.1, 0.15) is 24.0 Å². The third kappa shape index (κ3) is 3.41. The second-order valence-corrected chi connectivity index (χ2v) is 6.18. The van der Waals surface area contributed by atoms with Crippen molar-refractivity contribution in [1.82, 2.24) is 5.32 Å². The van der Waals surface area contributed by atoms with Crippen molar-refractivity contribution in [3.05, 3.63) is 34.3 Å². The summed E-state index contributed by atoms with van der Waals surface area (Å²) in [6, 6.07) is 6.27. The molecule has 0 saturated carbocycles. The smallest absolute Gasteiger partial charge is 0.0453 e. The molecule has 1 aliphatic rings. The Morgan fingerprint density at radius 1 is 1.50 bits per heavy atom. The van der Waals surface area contributed by atoms with Crippen LogP contribution in [0.3, 0.4) is 0 Å². The molecule has 3 heteroatoms. The van der Waals surface area contributed by atoms with E-state index in [1.807, 2.05) is 6.07 Å². The fourth-order valence-corrected chi connectivity index (χ4v) is 3.51. The van der Waals surface area contributed by atoms with Crippen LogP contribution in [0.5, 0.6) is 0 Å². The number of halogens is 1. The van der Waals surface area contributed by atoms with Crippen LogP contribution in [0.4, 0.5) is 0 Å². The summed E-state index contributed by atoms with van der Waals surface area (Å²) in [7, 11) is 0. The van der Waals surface area contributed by atoms with Gasteiger partial charge in [0.25, 0.3) is 0 Å². The summed E-state index contributed by atoms with van der Waals surface area (Å²) in [5.74, 6) is 1.33. The van der Waals surface area contributed by atoms with Gasteiger partial charge < -0.3 is 5.32 Å². The molecule has 1 heterocycles. The Kier molecular flexibility index (Phi) is 4.56. The Bertz CT molecular complexity index is 348. The molecule has 2 rings (SSSR count). The van der Waals surface area contributed by atoms with Gasteiger partial charge >= 0.3 is 0 Å². The van der Waals surface area contributed by atoms with E-state index < -0.39 is 0 Å². The van der Waals surface area contributed by atoms with Crippen molar-refractivity contribution in [2.45, 2.75) is 31.6 Å². The second-order valence-electron chi connectivity index (χ2n) is 4.36. The van der Waals surface area contributed by atoms with Crippen molar-refractivity contribution in [1.29, 1.82) is 0 Å². The summed E-state index contributed by atoms with van der Waals surface area (Å²) >= 11 is 8.27. The minimum atomic E-state index is 0.809. The Morgan fingerprint density at radius 3 is 3.06 bits per heavy atom. The maximum atomic E-state index is 6.18. The maximum Gasteiger partial charge on any atom is 0.0453 e. The molecular weight excluding hydrogens is 238 g/mol. The Hall–Kier alpha value is -0.180. The number of hydrogen-bond acceptors (Lipinski definition) is 2. The van der Waals surface area contributed by atoms with E-state index in [1.54, 1.807) is 0 Å². The molecule has 0 aliphatic carbocycles. The van der Waals surface area contributed by atoms with Gasteiger partial charge in [0, 0.05) is 23.4 Å². The highest BCUT2D eigenvalue weighted by Crippen LogP contribution is 2.25. The summed E-state index contributed by atoms with van der Waals surface area (Å²) < 4.78 is 0. The zero-order valence-electron chi connectivity index (χ0n) is 9.63. The van der Waals surface area contributed by atoms with Crippen LogP contribution in [0.2, 0.25) is 5.02 Å². The van der Waals surface area contributed by atoms with Crippen molar-refractivity contribution in [3.63, 3.8) is 0 Å². The first-order valence-electron chi connectivity index (χ1n) is 5.83. The Morgan fingerprint density at radius 2 is 2.38 bits per heavy atom. The van der Waals surface area contributed by atoms with Gasteiger partial charge in [0.1, 0.15) is 0 Å². The first-order chi connectivity index (χ1) is 7.75. The highest BCUT2D eigenvalue weighted by molar-refractivity contribution is 8.00. The van der Waals surface area contributed by atoms with E-state index in [1.165, 1.54) is 29.7 Å². The molecule has 0 bridgehead atoms. The summed E-state index contributed by atoms with van der Waals surface area (Å²) in [6.07, 6.45) is 2.74. The standard InChI is InChI=1S/C13H18ClNS/c1-10-4-5-11(13(14)7-10)8-15-9-12-3-2-6-16-12/h4-5,7,12,15H,2-3,6,8-9H2,1H3. The average Bonchev–Trinajstić information content (AvgIpc) is 2.74. The quantitative estimate of drug-likeness (QED) is 0.882. The normalized spacial score (nSPS) is 20.2. The van der Waals surface area contributed by atoms with Crippen molar-refractivity contribution < 1.29 is 0 Å². The predicted molar refractivity (Wildman–Crippen MR) is 73.4 cm³/mol. The van der Waals surface area contributed by atoms with Gasteiger partial charge in [0.05, 0.1) is 0 Å². The molecule has 16 heavy (non-hydrogen) atoms. The van der Waals surface area contributed by atoms with Crippen LogP contribution in [-0.2, 0) is 6.54 Å². The van der Waals surface area contributed by atoms with E-state index in [4.69, 9.17) is 11.6 Å². The number of rotatable bonds is 4. The summed E-state index contributed by atoms with van der Waals surface area (Å²) in [5, 5.41) is 5.19. The maximum absolute atomic E-state index is 6.18. The van der Waals surface area contributed by atoms with Crippen LogP contribution in [0.15, 0.2) is 18.2 Å². The predicted octanol–water partition coefficient (Wildman–Crippen LogP) is 3.63. The zero-order chi connectivity index (χ0) is 11.4. The lowest BCUT2D eigenvalue weighted by Crippen LogP contribution is -2.22. The number of nitrogens with one attached hydrogen (secondary N) is 1. The number of aryl methyl sites for hydroxylation is 1. The van der Waals surface area contributed by atoms with Crippen molar-refractivity contribution in [2.24, 2.45) is 0 Å². The van der Waals surface area contributed by atoms with Gasteiger partial charge in [-0.25, -0.2) is 0 Å². The lowest BCUT2D eigenvalue weighted by Gasteiger charge is -2.11. The largest absolute Gasteiger partial charge is 0.312 e. The highest BCUT2D eigenvalue weighted by atomic mass is 35.5. The van der Waals surface area contributed by atoms with E-state index in [0.717, 1.165) is 23.4 Å². The average molecular weight is 256 g/mol. The van der Waals surface area contributed by atoms with Crippen LogP contribution >= 0.6 is 23.4 Å². The fourth-order valence-electron chi connectivity index (χ4n) is 1.97. The molecule has 1 aromatic carbocycles. The molecule has 1 atom stereocenters. The third-order valence-corrected chi connectivity index (χ3v) is 4.67. The molecule has 88 valence electrons. The summed E-state index contributed by atoms with van der Waals surface area (Å²) in [6.45, 7) is 4.06. The van der Waals surface area contributed by atoms with Gasteiger partial charge in [-0.05, 0) is 42.7 Å².